The maximum absolute atomic E-state index is 11.9. The van der Waals surface area contributed by atoms with Crippen LogP contribution in [0.3, 0.4) is 0 Å². The van der Waals surface area contributed by atoms with Crippen LogP contribution in [0.4, 0.5) is 0 Å². The van der Waals surface area contributed by atoms with Gasteiger partial charge in [0.25, 0.3) is 5.56 Å². The van der Waals surface area contributed by atoms with Gasteiger partial charge in [-0.05, 0) is 336 Å². The van der Waals surface area contributed by atoms with E-state index in [0.717, 1.165) is 106 Å². The highest BCUT2D eigenvalue weighted by Gasteiger charge is 2.16. The molecule has 23 heteroatoms. The van der Waals surface area contributed by atoms with Gasteiger partial charge in [0.2, 0.25) is 0 Å². The number of oxazole rings is 1. The summed E-state index contributed by atoms with van der Waals surface area (Å²) in [4.78, 5) is 57.0. The number of imidazole rings is 1. The molecule has 0 radical (unpaired) electrons. The van der Waals surface area contributed by atoms with Crippen LogP contribution in [-0.4, -0.2) is 77.3 Å². The zero-order valence-corrected chi connectivity index (χ0v) is 76.2. The van der Waals surface area contributed by atoms with Gasteiger partial charge in [-0.3, -0.25) is 14.3 Å². The second-order valence-corrected chi connectivity index (χ2v) is 33.6. The zero-order chi connectivity index (χ0) is 84.4. The van der Waals surface area contributed by atoms with Gasteiger partial charge in [-0.1, -0.05) is 24.3 Å². The molecule has 0 N–H and O–H groups in total. The van der Waals surface area contributed by atoms with Crippen LogP contribution in [-0.2, 0) is 14.1 Å². The smallest absolute Gasteiger partial charge is 0.279 e. The van der Waals surface area contributed by atoms with E-state index < -0.39 is 0 Å². The Morgan fingerprint density at radius 1 is 0.357 bits per heavy atom. The molecule has 14 aromatic heterocycles. The van der Waals surface area contributed by atoms with Gasteiger partial charge in [-0.15, -0.1) is 34.0 Å². The summed E-state index contributed by atoms with van der Waals surface area (Å²) in [7, 11) is 3.75. The summed E-state index contributed by atoms with van der Waals surface area (Å²) in [6, 6.07) is 10.6. The van der Waals surface area contributed by atoms with Crippen molar-refractivity contribution in [1.29, 1.82) is 0 Å². The molecule has 0 aliphatic carbocycles. The normalized spacial score (nSPS) is 11.0. The topological polar surface area (TPSA) is 225 Å². The molecule has 14 heterocycles. The quantitative estimate of drug-likeness (QED) is 0.138. The van der Waals surface area contributed by atoms with Crippen molar-refractivity contribution in [2.75, 3.05) is 0 Å². The minimum Gasteiger partial charge on any atom is -0.462 e. The van der Waals surface area contributed by atoms with E-state index in [2.05, 4.69) is 249 Å². The molecule has 0 aliphatic rings. The first kappa shape index (κ1) is 86.7. The third-order valence-corrected chi connectivity index (χ3v) is 25.7. The Bertz CT molecular complexity index is 6340. The second kappa shape index (κ2) is 36.0. The van der Waals surface area contributed by atoms with E-state index in [1.807, 2.05) is 98.0 Å². The standard InChI is InChI=1S/C11H13N3O.C11H14N2.C11H13NO.C11H13NS.C10H13N3.C10H11NO.C10H11NS.2C9H10N2S/c1-6-5-7(2)12-10-9(6)13-8(3)14(4)11(10)15;1-7-5-8(2)10-11(9(7)3)13(4)6-12-10;2*1-6-5-13-11-8(3)7(2)9(4)12-10(6)11;1-6-5-11-13-9(4)7(2)8(3)12-10(6)13;2*1-6-4-7(2)9-10(8(6)3)12-5-11-9;1-5-4-12-9-8(5)10-6(2)7(3)11-9;1-5-4-6(2)8-9(7(5)3)11-12-10-8/h5H,1-4H3;5-6H,1-4H3;3*5H,1-4H3;2*4-5H,1-3H3;2*4H,1-3H3. The van der Waals surface area contributed by atoms with Crippen molar-refractivity contribution in [3.8, 4) is 0 Å². The first-order valence-corrected chi connectivity index (χ1v) is 41.7. The van der Waals surface area contributed by atoms with Gasteiger partial charge in [0.15, 0.2) is 28.7 Å². The van der Waals surface area contributed by atoms with Crippen LogP contribution in [0.2, 0.25) is 0 Å². The minimum atomic E-state index is -0.0794. The van der Waals surface area contributed by atoms with E-state index in [1.54, 1.807) is 47.3 Å². The van der Waals surface area contributed by atoms with Crippen LogP contribution < -0.4 is 5.56 Å². The van der Waals surface area contributed by atoms with Crippen LogP contribution in [0.25, 0.3) is 91.7 Å². The largest absolute Gasteiger partial charge is 0.462 e. The molecule has 18 aromatic rings. The SMILES string of the molecule is Cc1cc(C)c2nc(C)n(C)c(=O)c2n1.Cc1cc(C)c2ncn(C)c2c1C.Cc1cc(C)c2ncoc2c1C.Cc1cc(C)c2ncsc2c1C.Cc1cc(C)c2nsnc2c1C.Cc1nc2c(C)cnn2c(C)c1C.Cc1nc2c(C)coc2c(C)c1C.Cc1nc2c(C)csc2c(C)c1C.Cc1nc2scc(C)c2nc1C. The highest BCUT2D eigenvalue weighted by Crippen LogP contribution is 2.33. The molecule has 0 saturated heterocycles. The van der Waals surface area contributed by atoms with Gasteiger partial charge in [0, 0.05) is 53.7 Å². The average molecular weight is 1610 g/mol. The Labute approximate surface area is 690 Å². The van der Waals surface area contributed by atoms with E-state index in [-0.39, 0.29) is 5.56 Å². The number of furan rings is 1. The molecule has 18 rings (SSSR count). The predicted molar refractivity (Wildman–Crippen MR) is 483 cm³/mol. The number of pyridine rings is 3. The second-order valence-electron chi connectivity index (χ2n) is 30.4. The Morgan fingerprint density at radius 2 is 0.887 bits per heavy atom. The predicted octanol–water partition coefficient (Wildman–Crippen LogP) is 23.5. The number of hydrogen-bond acceptors (Lipinski definition) is 20. The van der Waals surface area contributed by atoms with E-state index in [0.29, 0.717) is 16.9 Å². The molecule has 0 aliphatic heterocycles. The number of thiazole rings is 1. The molecule has 19 nitrogen and oxygen atoms in total. The van der Waals surface area contributed by atoms with E-state index in [9.17, 15) is 4.79 Å². The third-order valence-electron chi connectivity index (χ3n) is 22.0. The van der Waals surface area contributed by atoms with Crippen LogP contribution >= 0.6 is 45.7 Å². The van der Waals surface area contributed by atoms with Gasteiger partial charge in [0.05, 0.1) is 84.4 Å². The summed E-state index contributed by atoms with van der Waals surface area (Å²) in [6.45, 7) is 62.0. The Balaban J connectivity index is 0.000000137. The van der Waals surface area contributed by atoms with Crippen LogP contribution in [0, 0.1) is 208 Å². The molecule has 598 valence electrons. The summed E-state index contributed by atoms with van der Waals surface area (Å²) in [6.07, 6.45) is 7.01. The Kier molecular flexibility index (Phi) is 27.1. The highest BCUT2D eigenvalue weighted by atomic mass is 32.1. The molecule has 0 amide bonds. The molecule has 0 unspecified atom stereocenters. The van der Waals surface area contributed by atoms with Crippen molar-refractivity contribution in [2.45, 2.75) is 208 Å². The lowest BCUT2D eigenvalue weighted by Crippen LogP contribution is -2.22. The first-order valence-electron chi connectivity index (χ1n) is 38.3. The molecule has 0 atom stereocenters. The number of thiophene rings is 2. The van der Waals surface area contributed by atoms with Crippen molar-refractivity contribution in [3.63, 3.8) is 0 Å². The third kappa shape index (κ3) is 18.3. The lowest BCUT2D eigenvalue weighted by molar-refractivity contribution is 0.599. The lowest BCUT2D eigenvalue weighted by Gasteiger charge is -2.07. The number of fused-ring (bicyclic) bond motifs is 9. The summed E-state index contributed by atoms with van der Waals surface area (Å²) < 4.78 is 27.5. The first-order chi connectivity index (χ1) is 54.2. The fourth-order valence-electron chi connectivity index (χ4n) is 13.5. The van der Waals surface area contributed by atoms with Gasteiger partial charge in [0.1, 0.15) is 38.2 Å². The molecular formula is C92H108N16O3S4. The fraction of sp³-hybridized carbons (Fsp3) is 0.348. The average Bonchev–Trinajstić information content (AvgIpc) is 1.36. The van der Waals surface area contributed by atoms with Crippen molar-refractivity contribution in [3.05, 3.63) is 250 Å². The van der Waals surface area contributed by atoms with Gasteiger partial charge in [-0.25, -0.2) is 49.4 Å². The Morgan fingerprint density at radius 3 is 1.57 bits per heavy atom. The molecular weight excluding hydrogens is 1510 g/mol. The lowest BCUT2D eigenvalue weighted by atomic mass is 10.0. The van der Waals surface area contributed by atoms with Gasteiger partial charge in [-0.2, -0.15) is 13.8 Å². The van der Waals surface area contributed by atoms with Gasteiger partial charge < -0.3 is 13.4 Å². The van der Waals surface area contributed by atoms with E-state index in [1.165, 1.54) is 160 Å². The maximum Gasteiger partial charge on any atom is 0.279 e. The number of nitrogens with zero attached hydrogens (tertiary/aromatic N) is 16. The van der Waals surface area contributed by atoms with Crippen LogP contribution in [0.15, 0.2) is 85.4 Å². The number of hydrogen-bond donors (Lipinski definition) is 0. The number of aryl methyl sites for hydroxylation is 28. The fourth-order valence-corrected chi connectivity index (χ4v) is 17.0. The number of benzene rings is 4. The molecule has 115 heavy (non-hydrogen) atoms. The molecule has 0 spiro atoms. The molecule has 0 bridgehead atoms. The van der Waals surface area contributed by atoms with Crippen molar-refractivity contribution in [2.24, 2.45) is 14.1 Å². The van der Waals surface area contributed by atoms with Crippen LogP contribution in [0.1, 0.15) is 168 Å². The van der Waals surface area contributed by atoms with E-state index >= 15 is 0 Å². The van der Waals surface area contributed by atoms with Crippen molar-refractivity contribution >= 4 is 137 Å². The van der Waals surface area contributed by atoms with Gasteiger partial charge >= 0.3 is 0 Å². The molecule has 0 fully saturated rings. The zero-order valence-electron chi connectivity index (χ0n) is 72.9. The Hall–Kier alpha value is -10.7. The van der Waals surface area contributed by atoms with Crippen molar-refractivity contribution < 1.29 is 8.83 Å². The van der Waals surface area contributed by atoms with E-state index in [4.69, 9.17) is 8.83 Å². The van der Waals surface area contributed by atoms with Crippen molar-refractivity contribution in [1.82, 2.24) is 77.3 Å². The summed E-state index contributed by atoms with van der Waals surface area (Å²) in [5.41, 5.74) is 50.7. The molecule has 4 aromatic carbocycles. The maximum atomic E-state index is 11.9. The van der Waals surface area contributed by atoms with Crippen LogP contribution in [0.5, 0.6) is 0 Å². The number of aromatic nitrogens is 16. The summed E-state index contributed by atoms with van der Waals surface area (Å²) >= 11 is 6.49. The highest BCUT2D eigenvalue weighted by molar-refractivity contribution is 7.17. The minimum absolute atomic E-state index is 0.0794. The number of rotatable bonds is 0. The molecule has 0 saturated carbocycles. The monoisotopic (exact) mass is 1610 g/mol. The summed E-state index contributed by atoms with van der Waals surface area (Å²) in [5, 5.41) is 8.56. The summed E-state index contributed by atoms with van der Waals surface area (Å²) in [5.74, 6) is 0.709.